The molecule has 6 nitrogen and oxygen atoms in total. The quantitative estimate of drug-likeness (QED) is 0.168. The molecule has 0 amide bonds. The largest absolute Gasteiger partial charge is 0.456 e. The van der Waals surface area contributed by atoms with E-state index >= 15 is 0 Å². The third-order valence-corrected chi connectivity index (χ3v) is 12.2. The highest BCUT2D eigenvalue weighted by Crippen LogP contribution is 2.41. The van der Waals surface area contributed by atoms with Gasteiger partial charge in [-0.1, -0.05) is 115 Å². The first-order chi connectivity index (χ1) is 30.7. The van der Waals surface area contributed by atoms with Crippen molar-refractivity contribution in [3.8, 4) is 39.6 Å². The van der Waals surface area contributed by atoms with Crippen molar-refractivity contribution >= 4 is 76.5 Å². The number of hydrogen-bond donors (Lipinski definition) is 0. The van der Waals surface area contributed by atoms with Crippen LogP contribution in [0.1, 0.15) is 11.4 Å². The first-order valence-corrected chi connectivity index (χ1v) is 20.9. The molecule has 0 radical (unpaired) electrons. The van der Waals surface area contributed by atoms with Gasteiger partial charge in [0, 0.05) is 55.6 Å². The van der Waals surface area contributed by atoms with Crippen LogP contribution >= 0.6 is 0 Å². The van der Waals surface area contributed by atoms with Gasteiger partial charge in [-0.3, -0.25) is 0 Å². The van der Waals surface area contributed by atoms with Gasteiger partial charge in [0.15, 0.2) is 11.6 Å². The van der Waals surface area contributed by atoms with Gasteiger partial charge in [-0.15, -0.1) is 0 Å². The molecule has 0 N–H and O–H groups in total. The number of hydrogen-bond acceptors (Lipinski definition) is 5. The lowest BCUT2D eigenvalue weighted by Crippen LogP contribution is -2.04. The number of benzene rings is 9. The fourth-order valence-electron chi connectivity index (χ4n) is 9.35. The smallest absolute Gasteiger partial charge is 0.163 e. The Hall–Kier alpha value is -8.35. The van der Waals surface area contributed by atoms with E-state index in [9.17, 15) is 0 Å². The minimum absolute atomic E-state index is 0.556. The molecule has 13 rings (SSSR count). The monoisotopic (exact) mass is 794 g/mol. The molecular weight excluding hydrogens is 761 g/mol. The highest BCUT2D eigenvalue weighted by atomic mass is 16.3. The van der Waals surface area contributed by atoms with E-state index in [0.29, 0.717) is 23.9 Å². The van der Waals surface area contributed by atoms with Crippen LogP contribution in [-0.4, -0.2) is 19.5 Å². The fourth-order valence-corrected chi connectivity index (χ4v) is 9.35. The average molecular weight is 795 g/mol. The molecule has 0 spiro atoms. The van der Waals surface area contributed by atoms with Crippen LogP contribution in [0.5, 0.6) is 0 Å². The molecule has 0 bridgehead atoms. The zero-order valence-electron chi connectivity index (χ0n) is 33.3. The van der Waals surface area contributed by atoms with Crippen molar-refractivity contribution in [1.82, 2.24) is 19.5 Å². The Morgan fingerprint density at radius 1 is 0.387 bits per heavy atom. The standard InChI is InChI=1S/C56H34N4O2/c1-2-13-40(14-3-1)60-47-18-8-6-16-44(47)54-41(17-10-19-48(54)60)37-23-26-43-46-32-39(25-28-51(46)62-52(43)33-37)56-58-53(30-34-21-22-35-11-4-5-12-36(35)29-34)57-55(59-56)38-24-27-50-45(31-38)42-15-7-9-20-49(42)61-50/h1-29,31-33H,30H2. The van der Waals surface area contributed by atoms with E-state index in [-0.39, 0.29) is 0 Å². The van der Waals surface area contributed by atoms with Crippen LogP contribution in [0.25, 0.3) is 116 Å². The lowest BCUT2D eigenvalue weighted by Gasteiger charge is -2.09. The van der Waals surface area contributed by atoms with Gasteiger partial charge < -0.3 is 13.4 Å². The van der Waals surface area contributed by atoms with Crippen LogP contribution in [0.2, 0.25) is 0 Å². The summed E-state index contributed by atoms with van der Waals surface area (Å²) in [6.07, 6.45) is 0.556. The van der Waals surface area contributed by atoms with E-state index in [1.54, 1.807) is 0 Å². The average Bonchev–Trinajstić information content (AvgIpc) is 4.00. The summed E-state index contributed by atoms with van der Waals surface area (Å²) >= 11 is 0. The molecule has 9 aromatic carbocycles. The first kappa shape index (κ1) is 34.5. The van der Waals surface area contributed by atoms with Gasteiger partial charge in [0.2, 0.25) is 0 Å². The maximum atomic E-state index is 6.61. The van der Waals surface area contributed by atoms with E-state index in [4.69, 9.17) is 23.8 Å². The van der Waals surface area contributed by atoms with Crippen molar-refractivity contribution < 1.29 is 8.83 Å². The van der Waals surface area contributed by atoms with Crippen molar-refractivity contribution in [3.05, 3.63) is 206 Å². The lowest BCUT2D eigenvalue weighted by molar-refractivity contribution is 0.668. The van der Waals surface area contributed by atoms with E-state index in [0.717, 1.165) is 77.4 Å². The van der Waals surface area contributed by atoms with Crippen molar-refractivity contribution in [1.29, 1.82) is 0 Å². The number of fused-ring (bicyclic) bond motifs is 10. The van der Waals surface area contributed by atoms with Gasteiger partial charge in [-0.25, -0.2) is 15.0 Å². The highest BCUT2D eigenvalue weighted by molar-refractivity contribution is 6.16. The zero-order chi connectivity index (χ0) is 40.7. The fraction of sp³-hybridized carbons (Fsp3) is 0.0179. The molecule has 0 aliphatic carbocycles. The molecule has 0 saturated carbocycles. The number of nitrogens with zero attached hydrogens (tertiary/aromatic N) is 4. The SMILES string of the molecule is c1ccc(-n2c3ccccc3c3c(-c4ccc5c(c4)oc4ccc(-c6nc(Cc7ccc8ccccc8c7)nc(-c7ccc8oc9ccccc9c8c7)n6)cc45)cccc32)cc1. The van der Waals surface area contributed by atoms with Crippen molar-refractivity contribution in [2.75, 3.05) is 0 Å². The number of aromatic nitrogens is 4. The van der Waals surface area contributed by atoms with Crippen molar-refractivity contribution in [3.63, 3.8) is 0 Å². The van der Waals surface area contributed by atoms with Crippen LogP contribution in [0.4, 0.5) is 0 Å². The number of rotatable bonds is 6. The number of furan rings is 2. The summed E-state index contributed by atoms with van der Waals surface area (Å²) in [6.45, 7) is 0. The molecule has 0 aliphatic rings. The summed E-state index contributed by atoms with van der Waals surface area (Å²) in [5, 5.41) is 8.95. The van der Waals surface area contributed by atoms with Gasteiger partial charge in [0.1, 0.15) is 28.2 Å². The Morgan fingerprint density at radius 3 is 1.82 bits per heavy atom. The first-order valence-electron chi connectivity index (χ1n) is 20.9. The summed E-state index contributed by atoms with van der Waals surface area (Å²) in [6, 6.07) is 67.9. The Labute approximate surface area is 355 Å². The van der Waals surface area contributed by atoms with Crippen molar-refractivity contribution in [2.24, 2.45) is 0 Å². The predicted molar refractivity (Wildman–Crippen MR) is 252 cm³/mol. The predicted octanol–water partition coefficient (Wildman–Crippen LogP) is 14.5. The molecule has 0 aliphatic heterocycles. The van der Waals surface area contributed by atoms with E-state index in [1.807, 2.05) is 36.4 Å². The van der Waals surface area contributed by atoms with Gasteiger partial charge in [0.05, 0.1) is 11.0 Å². The molecule has 4 heterocycles. The van der Waals surface area contributed by atoms with E-state index in [2.05, 4.69) is 162 Å². The molecule has 0 unspecified atom stereocenters. The Kier molecular flexibility index (Phi) is 7.57. The Balaban J connectivity index is 0.935. The van der Waals surface area contributed by atoms with Gasteiger partial charge >= 0.3 is 0 Å². The molecule has 62 heavy (non-hydrogen) atoms. The van der Waals surface area contributed by atoms with Crippen molar-refractivity contribution in [2.45, 2.75) is 6.42 Å². The molecule has 6 heteroatoms. The topological polar surface area (TPSA) is 69.9 Å². The van der Waals surface area contributed by atoms with Gasteiger partial charge in [0.25, 0.3) is 0 Å². The molecule has 0 saturated heterocycles. The molecule has 290 valence electrons. The lowest BCUT2D eigenvalue weighted by atomic mass is 9.98. The van der Waals surface area contributed by atoms with Crippen LogP contribution in [0.15, 0.2) is 203 Å². The summed E-state index contributed by atoms with van der Waals surface area (Å²) < 4.78 is 15.1. The Bertz CT molecular complexity index is 3910. The maximum Gasteiger partial charge on any atom is 0.163 e. The summed E-state index contributed by atoms with van der Waals surface area (Å²) in [4.78, 5) is 15.4. The highest BCUT2D eigenvalue weighted by Gasteiger charge is 2.19. The zero-order valence-corrected chi connectivity index (χ0v) is 33.3. The third-order valence-electron chi connectivity index (χ3n) is 12.2. The number of para-hydroxylation sites is 3. The van der Waals surface area contributed by atoms with E-state index < -0.39 is 0 Å². The minimum atomic E-state index is 0.556. The molecule has 4 aromatic heterocycles. The van der Waals surface area contributed by atoms with Crippen LogP contribution in [0.3, 0.4) is 0 Å². The van der Waals surface area contributed by atoms with Crippen LogP contribution in [0, 0.1) is 0 Å². The summed E-state index contributed by atoms with van der Waals surface area (Å²) in [5.41, 5.74) is 12.0. The molecule has 13 aromatic rings. The second-order valence-corrected chi connectivity index (χ2v) is 16.0. The van der Waals surface area contributed by atoms with E-state index in [1.165, 1.54) is 32.6 Å². The Morgan fingerprint density at radius 2 is 1.02 bits per heavy atom. The summed E-state index contributed by atoms with van der Waals surface area (Å²) in [5.74, 6) is 1.92. The van der Waals surface area contributed by atoms with Gasteiger partial charge in [-0.05, 0) is 106 Å². The van der Waals surface area contributed by atoms with Gasteiger partial charge in [-0.2, -0.15) is 0 Å². The molecule has 0 atom stereocenters. The summed E-state index contributed by atoms with van der Waals surface area (Å²) in [7, 11) is 0. The minimum Gasteiger partial charge on any atom is -0.456 e. The second-order valence-electron chi connectivity index (χ2n) is 16.0. The normalized spacial score (nSPS) is 11.9. The van der Waals surface area contributed by atoms with Crippen LogP contribution < -0.4 is 0 Å². The second kappa shape index (κ2) is 13.6. The molecule has 0 fully saturated rings. The maximum absolute atomic E-state index is 6.61. The van der Waals surface area contributed by atoms with Crippen LogP contribution in [-0.2, 0) is 6.42 Å². The molecular formula is C56H34N4O2. The third kappa shape index (κ3) is 5.54.